The third-order valence-corrected chi connectivity index (χ3v) is 5.32. The van der Waals surface area contributed by atoms with Crippen LogP contribution in [0, 0.1) is 5.92 Å². The average molecular weight is 452 g/mol. The lowest BCUT2D eigenvalue weighted by atomic mass is 9.97. The van der Waals surface area contributed by atoms with Gasteiger partial charge in [-0.1, -0.05) is 67.7 Å². The number of benzene rings is 1. The molecule has 2 atom stereocenters. The Labute approximate surface area is 197 Å². The first-order valence-electron chi connectivity index (χ1n) is 11.8. The van der Waals surface area contributed by atoms with Crippen LogP contribution in [0.4, 0.5) is 5.69 Å². The van der Waals surface area contributed by atoms with Gasteiger partial charge in [0.15, 0.2) is 0 Å². The molecule has 0 aromatic heterocycles. The summed E-state index contributed by atoms with van der Waals surface area (Å²) in [4.78, 5) is 11.1. The highest BCUT2D eigenvalue weighted by Crippen LogP contribution is 2.29. The molecule has 33 heavy (non-hydrogen) atoms. The Morgan fingerprint density at radius 3 is 2.06 bits per heavy atom. The van der Waals surface area contributed by atoms with Crippen molar-refractivity contribution in [1.82, 2.24) is 0 Å². The highest BCUT2D eigenvalue weighted by Gasteiger charge is 2.31. The van der Waals surface area contributed by atoms with Gasteiger partial charge in [0.2, 0.25) is 0 Å². The van der Waals surface area contributed by atoms with Crippen LogP contribution < -0.4 is 5.32 Å². The minimum atomic E-state index is -1.15. The fourth-order valence-corrected chi connectivity index (χ4v) is 3.36. The van der Waals surface area contributed by atoms with Crippen LogP contribution in [0.25, 0.3) is 0 Å². The number of rotatable bonds is 15. The van der Waals surface area contributed by atoms with E-state index in [4.69, 9.17) is 9.84 Å². The molecule has 178 valence electrons. The van der Waals surface area contributed by atoms with Crippen molar-refractivity contribution in [2.24, 2.45) is 5.92 Å². The number of hydrogen-bond acceptors (Lipinski definition) is 4. The summed E-state index contributed by atoms with van der Waals surface area (Å²) in [6, 6.07) is 4.47. The maximum absolute atomic E-state index is 11.1. The first-order valence-corrected chi connectivity index (χ1v) is 11.8. The van der Waals surface area contributed by atoms with E-state index in [2.05, 4.69) is 73.0 Å². The molecule has 2 unspecified atom stereocenters. The Kier molecular flexibility index (Phi) is 12.5. The minimum Gasteiger partial charge on any atom is -0.507 e. The highest BCUT2D eigenvalue weighted by atomic mass is 16.5. The van der Waals surface area contributed by atoms with Crippen LogP contribution in [0.1, 0.15) is 62.2 Å². The molecule has 1 fully saturated rings. The van der Waals surface area contributed by atoms with Crippen molar-refractivity contribution < 1.29 is 19.7 Å². The molecule has 2 rings (SSSR count). The number of ether oxygens (including phenoxy) is 1. The second-order valence-corrected chi connectivity index (χ2v) is 7.98. The SMILES string of the molecule is CC/C=C\C/C=C\C/C=C\C/C=C\C/C=C\CCC1COC1Nc1ccc(O)c(C(=O)O)c1. The molecule has 5 nitrogen and oxygen atoms in total. The van der Waals surface area contributed by atoms with Crippen LogP contribution in [0.3, 0.4) is 0 Å². The van der Waals surface area contributed by atoms with Crippen LogP contribution in [-0.4, -0.2) is 29.0 Å². The zero-order chi connectivity index (χ0) is 23.7. The van der Waals surface area contributed by atoms with Gasteiger partial charge in [-0.15, -0.1) is 0 Å². The number of phenols is 1. The van der Waals surface area contributed by atoms with Crippen molar-refractivity contribution in [3.63, 3.8) is 0 Å². The summed E-state index contributed by atoms with van der Waals surface area (Å²) in [5.41, 5.74) is 0.518. The normalized spacial score (nSPS) is 18.8. The Morgan fingerprint density at radius 2 is 1.55 bits per heavy atom. The number of carboxylic acids is 1. The molecule has 0 aliphatic carbocycles. The topological polar surface area (TPSA) is 78.8 Å². The van der Waals surface area contributed by atoms with Crippen LogP contribution in [0.15, 0.2) is 79.0 Å². The van der Waals surface area contributed by atoms with E-state index >= 15 is 0 Å². The van der Waals surface area contributed by atoms with Gasteiger partial charge in [0, 0.05) is 11.6 Å². The van der Waals surface area contributed by atoms with E-state index in [-0.39, 0.29) is 17.5 Å². The van der Waals surface area contributed by atoms with Gasteiger partial charge in [-0.05, 0) is 63.1 Å². The molecule has 0 amide bonds. The van der Waals surface area contributed by atoms with E-state index in [9.17, 15) is 9.90 Å². The number of aromatic hydroxyl groups is 1. The number of carboxylic acid groups (broad SMARTS) is 1. The summed E-state index contributed by atoms with van der Waals surface area (Å²) in [5, 5.41) is 21.9. The molecule has 0 bridgehead atoms. The number of allylic oxidation sites excluding steroid dienone is 10. The zero-order valence-electron chi connectivity index (χ0n) is 19.5. The second kappa shape index (κ2) is 15.7. The molecule has 1 aromatic carbocycles. The standard InChI is InChI=1S/C28H37NO4/c1-2-3-4-5-6-7-8-9-10-11-12-13-14-15-16-17-18-23-22-33-27(23)29-24-19-20-26(30)25(21-24)28(31)32/h3-4,6-7,9-10,12-13,15-16,19-21,23,27,29-30H,2,5,8,11,14,17-18,22H2,1H3,(H,31,32)/b4-3-,7-6-,10-9-,13-12-,16-15-. The molecule has 1 saturated heterocycles. The van der Waals surface area contributed by atoms with Crippen molar-refractivity contribution in [3.05, 3.63) is 84.5 Å². The van der Waals surface area contributed by atoms with Gasteiger partial charge >= 0.3 is 5.97 Å². The van der Waals surface area contributed by atoms with Gasteiger partial charge < -0.3 is 20.3 Å². The molecule has 1 heterocycles. The molecule has 1 aromatic rings. The molecule has 0 saturated carbocycles. The third kappa shape index (κ3) is 10.4. The number of aromatic carboxylic acids is 1. The summed E-state index contributed by atoms with van der Waals surface area (Å²) in [6.07, 6.45) is 28.8. The monoisotopic (exact) mass is 451 g/mol. The third-order valence-electron chi connectivity index (χ3n) is 5.32. The average Bonchev–Trinajstić information content (AvgIpc) is 2.79. The summed E-state index contributed by atoms with van der Waals surface area (Å²) in [5.74, 6) is -1.01. The maximum atomic E-state index is 11.1. The molecule has 0 radical (unpaired) electrons. The van der Waals surface area contributed by atoms with Gasteiger partial charge in [-0.3, -0.25) is 0 Å². The largest absolute Gasteiger partial charge is 0.507 e. The predicted molar refractivity (Wildman–Crippen MR) is 136 cm³/mol. The van der Waals surface area contributed by atoms with Crippen LogP contribution in [0.5, 0.6) is 5.75 Å². The van der Waals surface area contributed by atoms with Crippen molar-refractivity contribution in [3.8, 4) is 5.75 Å². The molecule has 5 heteroatoms. The van der Waals surface area contributed by atoms with Crippen molar-refractivity contribution >= 4 is 11.7 Å². The zero-order valence-corrected chi connectivity index (χ0v) is 19.5. The first-order chi connectivity index (χ1) is 16.1. The Balaban J connectivity index is 1.56. The van der Waals surface area contributed by atoms with Crippen LogP contribution in [0.2, 0.25) is 0 Å². The predicted octanol–water partition coefficient (Wildman–Crippen LogP) is 7.01. The fraction of sp³-hybridized carbons (Fsp3) is 0.393. The Morgan fingerprint density at radius 1 is 0.970 bits per heavy atom. The number of anilines is 1. The molecule has 1 aliphatic rings. The van der Waals surface area contributed by atoms with Crippen molar-refractivity contribution in [1.29, 1.82) is 0 Å². The molecular weight excluding hydrogens is 414 g/mol. The lowest BCUT2D eigenvalue weighted by Crippen LogP contribution is -2.45. The molecule has 1 aliphatic heterocycles. The van der Waals surface area contributed by atoms with E-state index in [1.165, 1.54) is 12.1 Å². The van der Waals surface area contributed by atoms with E-state index in [1.807, 2.05) is 0 Å². The quantitative estimate of drug-likeness (QED) is 0.197. The van der Waals surface area contributed by atoms with Crippen LogP contribution in [-0.2, 0) is 4.74 Å². The maximum Gasteiger partial charge on any atom is 0.339 e. The summed E-state index contributed by atoms with van der Waals surface area (Å²) in [7, 11) is 0. The summed E-state index contributed by atoms with van der Waals surface area (Å²) in [6.45, 7) is 2.85. The van der Waals surface area contributed by atoms with Gasteiger partial charge in [-0.25, -0.2) is 4.79 Å². The minimum absolute atomic E-state index is 0.116. The van der Waals surface area contributed by atoms with Gasteiger partial charge in [0.1, 0.15) is 17.5 Å². The second-order valence-electron chi connectivity index (χ2n) is 7.98. The van der Waals surface area contributed by atoms with Crippen molar-refractivity contribution in [2.75, 3.05) is 11.9 Å². The molecule has 0 spiro atoms. The van der Waals surface area contributed by atoms with E-state index in [1.54, 1.807) is 6.07 Å². The number of hydrogen-bond donors (Lipinski definition) is 3. The number of nitrogens with one attached hydrogen (secondary N) is 1. The summed E-state index contributed by atoms with van der Waals surface area (Å²) < 4.78 is 5.59. The highest BCUT2D eigenvalue weighted by molar-refractivity contribution is 5.92. The van der Waals surface area contributed by atoms with Crippen LogP contribution >= 0.6 is 0 Å². The van der Waals surface area contributed by atoms with Gasteiger partial charge in [-0.2, -0.15) is 0 Å². The fourth-order valence-electron chi connectivity index (χ4n) is 3.36. The Hall–Kier alpha value is -3.05. The summed E-state index contributed by atoms with van der Waals surface area (Å²) >= 11 is 0. The molecule has 3 N–H and O–H groups in total. The lowest BCUT2D eigenvalue weighted by molar-refractivity contribution is -0.0991. The molecular formula is C28H37NO4. The van der Waals surface area contributed by atoms with E-state index in [0.717, 1.165) is 44.9 Å². The smallest absolute Gasteiger partial charge is 0.339 e. The van der Waals surface area contributed by atoms with Gasteiger partial charge in [0.25, 0.3) is 0 Å². The lowest BCUT2D eigenvalue weighted by Gasteiger charge is -2.37. The van der Waals surface area contributed by atoms with Gasteiger partial charge in [0.05, 0.1) is 6.61 Å². The van der Waals surface area contributed by atoms with Crippen molar-refractivity contribution in [2.45, 2.75) is 58.1 Å². The van der Waals surface area contributed by atoms with E-state index < -0.39 is 5.97 Å². The number of carbonyl (C=O) groups is 1. The first kappa shape index (κ1) is 26.2. The Bertz CT molecular complexity index is 867. The van der Waals surface area contributed by atoms with E-state index in [0.29, 0.717) is 18.2 Å².